The minimum absolute atomic E-state index is 0.0464. The molecule has 2 aliphatic rings. The molecule has 0 saturated heterocycles. The van der Waals surface area contributed by atoms with Gasteiger partial charge in [-0.3, -0.25) is 4.79 Å². The number of carbonyl (C=O) groups excluding carboxylic acids is 1. The van der Waals surface area contributed by atoms with Gasteiger partial charge in [0.2, 0.25) is 5.91 Å². The van der Waals surface area contributed by atoms with Gasteiger partial charge < -0.3 is 10.2 Å². The van der Waals surface area contributed by atoms with Gasteiger partial charge in [0.15, 0.2) is 0 Å². The maximum atomic E-state index is 12.7. The van der Waals surface area contributed by atoms with E-state index in [0.717, 1.165) is 47.8 Å². The average molecular weight is 384 g/mol. The fourth-order valence-corrected chi connectivity index (χ4v) is 6.12. The lowest BCUT2D eigenvalue weighted by atomic mass is 9.89. The number of carbonyl (C=O) groups is 1. The Hall–Kier alpha value is -1.97. The average Bonchev–Trinajstić information content (AvgIpc) is 2.97. The van der Waals surface area contributed by atoms with Gasteiger partial charge >= 0.3 is 0 Å². The molecule has 0 spiro atoms. The predicted molar refractivity (Wildman–Crippen MR) is 108 cm³/mol. The van der Waals surface area contributed by atoms with Crippen molar-refractivity contribution in [2.75, 3.05) is 29.1 Å². The molecule has 2 aromatic rings. The molecular formula is C20H21N3OS2. The smallest absolute Gasteiger partial charge is 0.244 e. The third kappa shape index (κ3) is 3.34. The van der Waals surface area contributed by atoms with Crippen LogP contribution in [0.1, 0.15) is 29.3 Å². The molecule has 26 heavy (non-hydrogen) atoms. The van der Waals surface area contributed by atoms with E-state index in [-0.39, 0.29) is 5.91 Å². The highest BCUT2D eigenvalue weighted by molar-refractivity contribution is 7.99. The second kappa shape index (κ2) is 7.34. The molecule has 1 amide bonds. The fraction of sp³-hybridized carbons (Fsp3) is 0.400. The third-order valence-corrected chi connectivity index (χ3v) is 7.25. The summed E-state index contributed by atoms with van der Waals surface area (Å²) in [6.45, 7) is 3.43. The highest BCUT2D eigenvalue weighted by Crippen LogP contribution is 2.39. The van der Waals surface area contributed by atoms with Crippen LogP contribution in [0.3, 0.4) is 0 Å². The molecule has 1 aromatic heterocycles. The number of hydrogen-bond acceptors (Lipinski definition) is 5. The SMILES string of the molecule is C[C@H]1CCc2c(sc(NC(=O)CN3CCSc4ccccc43)c2C#N)C1. The first-order valence-electron chi connectivity index (χ1n) is 8.97. The lowest BCUT2D eigenvalue weighted by Gasteiger charge is -2.30. The number of thioether (sulfide) groups is 1. The largest absolute Gasteiger partial charge is 0.360 e. The summed E-state index contributed by atoms with van der Waals surface area (Å²) < 4.78 is 0. The first kappa shape index (κ1) is 17.4. The summed E-state index contributed by atoms with van der Waals surface area (Å²) in [5.41, 5.74) is 2.96. The van der Waals surface area contributed by atoms with Crippen molar-refractivity contribution in [3.05, 3.63) is 40.3 Å². The number of nitrogens with one attached hydrogen (secondary N) is 1. The Labute approximate surface area is 162 Å². The normalized spacial score (nSPS) is 18.6. The van der Waals surface area contributed by atoms with Crippen LogP contribution in [0.2, 0.25) is 0 Å². The van der Waals surface area contributed by atoms with E-state index in [0.29, 0.717) is 18.0 Å². The molecule has 0 fully saturated rings. The Morgan fingerprint density at radius 3 is 3.12 bits per heavy atom. The fourth-order valence-electron chi connectivity index (χ4n) is 3.69. The zero-order valence-electron chi connectivity index (χ0n) is 14.7. The van der Waals surface area contributed by atoms with Crippen molar-refractivity contribution in [2.24, 2.45) is 5.92 Å². The first-order chi connectivity index (χ1) is 12.7. The molecule has 0 radical (unpaired) electrons. The molecule has 1 atom stereocenters. The number of anilines is 2. The van der Waals surface area contributed by atoms with Crippen molar-refractivity contribution >= 4 is 39.7 Å². The highest BCUT2D eigenvalue weighted by atomic mass is 32.2. The molecule has 4 rings (SSSR count). The van der Waals surface area contributed by atoms with E-state index < -0.39 is 0 Å². The van der Waals surface area contributed by atoms with Gasteiger partial charge in [-0.1, -0.05) is 19.1 Å². The number of amides is 1. The number of fused-ring (bicyclic) bond motifs is 2. The van der Waals surface area contributed by atoms with Gasteiger partial charge in [0.05, 0.1) is 17.8 Å². The molecule has 6 heteroatoms. The third-order valence-electron chi connectivity index (χ3n) is 5.04. The first-order valence-corrected chi connectivity index (χ1v) is 10.8. The molecule has 134 valence electrons. The zero-order chi connectivity index (χ0) is 18.1. The minimum atomic E-state index is -0.0464. The van der Waals surface area contributed by atoms with Gasteiger partial charge in [-0.2, -0.15) is 5.26 Å². The van der Waals surface area contributed by atoms with Crippen molar-refractivity contribution in [3.8, 4) is 6.07 Å². The molecule has 0 saturated carbocycles. The molecule has 1 N–H and O–H groups in total. The zero-order valence-corrected chi connectivity index (χ0v) is 16.4. The van der Waals surface area contributed by atoms with Crippen molar-refractivity contribution in [2.45, 2.75) is 31.1 Å². The van der Waals surface area contributed by atoms with E-state index >= 15 is 0 Å². The molecule has 2 heterocycles. The van der Waals surface area contributed by atoms with Crippen molar-refractivity contribution in [1.29, 1.82) is 5.26 Å². The monoisotopic (exact) mass is 383 g/mol. The maximum absolute atomic E-state index is 12.7. The Kier molecular flexibility index (Phi) is 4.92. The van der Waals surface area contributed by atoms with Crippen molar-refractivity contribution in [1.82, 2.24) is 0 Å². The second-order valence-electron chi connectivity index (χ2n) is 6.95. The van der Waals surface area contributed by atoms with E-state index in [1.54, 1.807) is 11.3 Å². The number of hydrogen-bond donors (Lipinski definition) is 1. The summed E-state index contributed by atoms with van der Waals surface area (Å²) in [6.07, 6.45) is 3.08. The number of nitriles is 1. The van der Waals surface area contributed by atoms with Crippen LogP contribution in [0.4, 0.5) is 10.7 Å². The summed E-state index contributed by atoms with van der Waals surface area (Å²) in [4.78, 5) is 17.3. The van der Waals surface area contributed by atoms with Crippen molar-refractivity contribution in [3.63, 3.8) is 0 Å². The van der Waals surface area contributed by atoms with Gasteiger partial charge in [0.25, 0.3) is 0 Å². The van der Waals surface area contributed by atoms with Crippen LogP contribution in [0.5, 0.6) is 0 Å². The minimum Gasteiger partial charge on any atom is -0.360 e. The molecule has 1 aromatic carbocycles. The van der Waals surface area contributed by atoms with E-state index in [1.165, 1.54) is 9.77 Å². The molecule has 0 unspecified atom stereocenters. The molecule has 0 bridgehead atoms. The topological polar surface area (TPSA) is 56.1 Å². The molecule has 4 nitrogen and oxygen atoms in total. The second-order valence-corrected chi connectivity index (χ2v) is 9.20. The van der Waals surface area contributed by atoms with Crippen LogP contribution in [-0.2, 0) is 17.6 Å². The molecule has 1 aliphatic carbocycles. The standard InChI is InChI=1S/C20H21N3OS2/c1-13-6-7-14-15(11-21)20(26-18(14)10-13)22-19(24)12-23-8-9-25-17-5-3-2-4-16(17)23/h2-5,13H,6-10,12H2,1H3,(H,22,24)/t13-/m0/s1. The van der Waals surface area contributed by atoms with Gasteiger partial charge in [0, 0.05) is 22.1 Å². The van der Waals surface area contributed by atoms with Crippen LogP contribution in [0, 0.1) is 17.2 Å². The summed E-state index contributed by atoms with van der Waals surface area (Å²) >= 11 is 3.42. The number of nitrogens with zero attached hydrogens (tertiary/aromatic N) is 2. The molecular weight excluding hydrogens is 362 g/mol. The van der Waals surface area contributed by atoms with Crippen LogP contribution in [0.15, 0.2) is 29.2 Å². The Morgan fingerprint density at radius 2 is 2.27 bits per heavy atom. The van der Waals surface area contributed by atoms with E-state index in [2.05, 4.69) is 35.3 Å². The summed E-state index contributed by atoms with van der Waals surface area (Å²) in [6, 6.07) is 10.5. The number of benzene rings is 1. The summed E-state index contributed by atoms with van der Waals surface area (Å²) in [5, 5.41) is 13.3. The van der Waals surface area contributed by atoms with Crippen LogP contribution in [-0.4, -0.2) is 24.7 Å². The summed E-state index contributed by atoms with van der Waals surface area (Å²) in [5.74, 6) is 1.59. The Bertz CT molecular complexity index is 884. The van der Waals surface area contributed by atoms with Crippen LogP contribution >= 0.6 is 23.1 Å². The highest BCUT2D eigenvalue weighted by Gasteiger charge is 2.25. The van der Waals surface area contributed by atoms with Crippen LogP contribution < -0.4 is 10.2 Å². The lowest BCUT2D eigenvalue weighted by Crippen LogP contribution is -2.36. The number of thiophene rings is 1. The van der Waals surface area contributed by atoms with E-state index in [4.69, 9.17) is 0 Å². The lowest BCUT2D eigenvalue weighted by molar-refractivity contribution is -0.115. The maximum Gasteiger partial charge on any atom is 0.244 e. The van der Waals surface area contributed by atoms with Gasteiger partial charge in [-0.05, 0) is 42.9 Å². The van der Waals surface area contributed by atoms with Gasteiger partial charge in [-0.15, -0.1) is 23.1 Å². The summed E-state index contributed by atoms with van der Waals surface area (Å²) in [7, 11) is 0. The van der Waals surface area contributed by atoms with Gasteiger partial charge in [0.1, 0.15) is 11.1 Å². The Balaban J connectivity index is 1.51. The van der Waals surface area contributed by atoms with Crippen molar-refractivity contribution < 1.29 is 4.79 Å². The number of para-hydroxylation sites is 1. The molecule has 1 aliphatic heterocycles. The van der Waals surface area contributed by atoms with E-state index in [9.17, 15) is 10.1 Å². The predicted octanol–water partition coefficient (Wildman–Crippen LogP) is 4.30. The quantitative estimate of drug-likeness (QED) is 0.859. The van der Waals surface area contributed by atoms with E-state index in [1.807, 2.05) is 23.9 Å². The Morgan fingerprint density at radius 1 is 1.42 bits per heavy atom. The number of rotatable bonds is 3. The van der Waals surface area contributed by atoms with Crippen LogP contribution in [0.25, 0.3) is 0 Å². The van der Waals surface area contributed by atoms with Gasteiger partial charge in [-0.25, -0.2) is 0 Å².